The summed E-state index contributed by atoms with van der Waals surface area (Å²) >= 11 is 0. The third kappa shape index (κ3) is 3.42. The first-order chi connectivity index (χ1) is 7.91. The fourth-order valence-electron chi connectivity index (χ4n) is 2.01. The molecule has 1 rings (SSSR count). The Labute approximate surface area is 104 Å². The van der Waals surface area contributed by atoms with E-state index in [-0.39, 0.29) is 23.2 Å². The van der Waals surface area contributed by atoms with Crippen LogP contribution in [0.3, 0.4) is 0 Å². The molecule has 0 amide bonds. The van der Waals surface area contributed by atoms with E-state index in [9.17, 15) is 4.79 Å². The van der Waals surface area contributed by atoms with Crippen molar-refractivity contribution < 1.29 is 9.53 Å². The molecule has 0 fully saturated rings. The molecule has 0 bridgehead atoms. The molecule has 1 aliphatic rings. The van der Waals surface area contributed by atoms with Crippen LogP contribution >= 0.6 is 0 Å². The first kappa shape index (κ1) is 13.9. The number of carbonyl (C=O) groups is 1. The van der Waals surface area contributed by atoms with Gasteiger partial charge in [-0.3, -0.25) is 4.79 Å². The number of aliphatic imine (C=N–C) groups is 1. The van der Waals surface area contributed by atoms with Crippen LogP contribution < -0.4 is 0 Å². The molecule has 0 N–H and O–H groups in total. The van der Waals surface area contributed by atoms with Crippen molar-refractivity contribution in [1.82, 2.24) is 0 Å². The van der Waals surface area contributed by atoms with Crippen LogP contribution in [0.2, 0.25) is 0 Å². The zero-order chi connectivity index (χ0) is 13.1. The number of hydrogen-bond acceptors (Lipinski definition) is 3. The van der Waals surface area contributed by atoms with Crippen LogP contribution in [0.4, 0.5) is 0 Å². The molecule has 0 radical (unpaired) electrons. The second-order valence-corrected chi connectivity index (χ2v) is 5.36. The van der Waals surface area contributed by atoms with Gasteiger partial charge in [0.25, 0.3) is 5.90 Å². The van der Waals surface area contributed by atoms with E-state index in [2.05, 4.69) is 18.5 Å². The zero-order valence-corrected chi connectivity index (χ0v) is 11.3. The fraction of sp³-hybridized carbons (Fsp3) is 0.714. The molecule has 0 aromatic heterocycles. The monoisotopic (exact) mass is 237 g/mol. The summed E-state index contributed by atoms with van der Waals surface area (Å²) in [7, 11) is 0. The molecule has 17 heavy (non-hydrogen) atoms. The maximum Gasteiger partial charge on any atom is 0.254 e. The minimum atomic E-state index is -0.265. The molecule has 0 unspecified atom stereocenters. The second kappa shape index (κ2) is 5.48. The summed E-state index contributed by atoms with van der Waals surface area (Å²) in [5.74, 6) is 0.419. The Hall–Kier alpha value is -1.12. The highest BCUT2D eigenvalue weighted by molar-refractivity contribution is 6.37. The Morgan fingerprint density at radius 2 is 2.29 bits per heavy atom. The van der Waals surface area contributed by atoms with Crippen molar-refractivity contribution in [1.29, 1.82) is 0 Å². The van der Waals surface area contributed by atoms with Gasteiger partial charge < -0.3 is 4.74 Å². The first-order valence-corrected chi connectivity index (χ1v) is 6.30. The Kier molecular flexibility index (Phi) is 4.49. The summed E-state index contributed by atoms with van der Waals surface area (Å²) < 4.78 is 5.39. The normalized spacial score (nSPS) is 21.3. The van der Waals surface area contributed by atoms with Gasteiger partial charge >= 0.3 is 0 Å². The van der Waals surface area contributed by atoms with Crippen LogP contribution in [-0.4, -0.2) is 23.8 Å². The summed E-state index contributed by atoms with van der Waals surface area (Å²) in [5.41, 5.74) is -0.265. The minimum Gasteiger partial charge on any atom is -0.473 e. The molecule has 2 atom stereocenters. The topological polar surface area (TPSA) is 38.7 Å². The fourth-order valence-corrected chi connectivity index (χ4v) is 2.01. The van der Waals surface area contributed by atoms with Crippen LogP contribution in [0.15, 0.2) is 17.6 Å². The van der Waals surface area contributed by atoms with Crippen molar-refractivity contribution in [2.75, 3.05) is 6.61 Å². The van der Waals surface area contributed by atoms with Gasteiger partial charge in [-0.25, -0.2) is 4.99 Å². The highest BCUT2D eigenvalue weighted by Crippen LogP contribution is 2.24. The SMILES string of the molecule is C=C[C@@H](CCC)[C@H](C)C(=O)C1=NC(C)(C)CO1. The number of Topliss-reactive ketones (excluding diaryl/α,β-unsaturated/α-hetero) is 1. The third-order valence-electron chi connectivity index (χ3n) is 3.16. The molecule has 3 nitrogen and oxygen atoms in total. The second-order valence-electron chi connectivity index (χ2n) is 5.36. The molecule has 0 aromatic carbocycles. The number of hydrogen-bond donors (Lipinski definition) is 0. The molecule has 1 heterocycles. The molecule has 96 valence electrons. The van der Waals surface area contributed by atoms with E-state index >= 15 is 0 Å². The number of ether oxygens (including phenoxy) is 1. The lowest BCUT2D eigenvalue weighted by Crippen LogP contribution is -2.27. The van der Waals surface area contributed by atoms with Gasteiger partial charge in [0.1, 0.15) is 6.61 Å². The molecule has 0 spiro atoms. The third-order valence-corrected chi connectivity index (χ3v) is 3.16. The quantitative estimate of drug-likeness (QED) is 0.666. The van der Waals surface area contributed by atoms with Crippen LogP contribution in [0.5, 0.6) is 0 Å². The standard InChI is InChI=1S/C14H23NO2/c1-6-8-11(7-2)10(3)12(16)13-15-14(4,5)9-17-13/h7,10-11H,2,6,8-9H2,1,3-5H3/t10-,11-/m0/s1. The van der Waals surface area contributed by atoms with Crippen molar-refractivity contribution in [3.8, 4) is 0 Å². The van der Waals surface area contributed by atoms with Gasteiger partial charge in [-0.2, -0.15) is 0 Å². The molecule has 0 aromatic rings. The van der Waals surface area contributed by atoms with Crippen LogP contribution in [0, 0.1) is 11.8 Å². The zero-order valence-electron chi connectivity index (χ0n) is 11.3. The Morgan fingerprint density at radius 3 is 2.71 bits per heavy atom. The van der Waals surface area contributed by atoms with E-state index in [4.69, 9.17) is 4.74 Å². The smallest absolute Gasteiger partial charge is 0.254 e. The molecule has 1 aliphatic heterocycles. The van der Waals surface area contributed by atoms with Gasteiger partial charge in [-0.15, -0.1) is 6.58 Å². The van der Waals surface area contributed by atoms with E-state index in [1.54, 1.807) is 0 Å². The lowest BCUT2D eigenvalue weighted by atomic mass is 9.87. The molecular formula is C14H23NO2. The van der Waals surface area contributed by atoms with Gasteiger partial charge in [0.15, 0.2) is 0 Å². The molecule has 3 heteroatoms. The first-order valence-electron chi connectivity index (χ1n) is 6.30. The number of carbonyl (C=O) groups excluding carboxylic acids is 1. The van der Waals surface area contributed by atoms with Crippen molar-refractivity contribution in [2.24, 2.45) is 16.8 Å². The van der Waals surface area contributed by atoms with E-state index < -0.39 is 0 Å². The maximum atomic E-state index is 12.2. The van der Waals surface area contributed by atoms with E-state index in [1.807, 2.05) is 26.8 Å². The predicted molar refractivity (Wildman–Crippen MR) is 70.2 cm³/mol. The van der Waals surface area contributed by atoms with E-state index in [0.717, 1.165) is 12.8 Å². The maximum absolute atomic E-state index is 12.2. The largest absolute Gasteiger partial charge is 0.473 e. The van der Waals surface area contributed by atoms with Crippen LogP contribution in [0.1, 0.15) is 40.5 Å². The lowest BCUT2D eigenvalue weighted by molar-refractivity contribution is -0.118. The average Bonchev–Trinajstić information content (AvgIpc) is 2.64. The Balaban J connectivity index is 2.73. The highest BCUT2D eigenvalue weighted by atomic mass is 16.5. The van der Waals surface area contributed by atoms with E-state index in [0.29, 0.717) is 12.5 Å². The average molecular weight is 237 g/mol. The summed E-state index contributed by atoms with van der Waals surface area (Å²) in [6.07, 6.45) is 3.90. The molecule has 0 saturated heterocycles. The Bertz CT molecular complexity index is 331. The van der Waals surface area contributed by atoms with Crippen LogP contribution in [-0.2, 0) is 9.53 Å². The number of allylic oxidation sites excluding steroid dienone is 1. The summed E-state index contributed by atoms with van der Waals surface area (Å²) in [5, 5.41) is 0. The number of nitrogens with zero attached hydrogens (tertiary/aromatic N) is 1. The van der Waals surface area contributed by atoms with E-state index in [1.165, 1.54) is 0 Å². The highest BCUT2D eigenvalue weighted by Gasteiger charge is 2.33. The number of ketones is 1. The van der Waals surface area contributed by atoms with Gasteiger partial charge in [-0.05, 0) is 26.2 Å². The van der Waals surface area contributed by atoms with Crippen LogP contribution in [0.25, 0.3) is 0 Å². The van der Waals surface area contributed by atoms with Gasteiger partial charge in [0.2, 0.25) is 5.78 Å². The van der Waals surface area contributed by atoms with Crippen molar-refractivity contribution in [2.45, 2.75) is 46.1 Å². The van der Waals surface area contributed by atoms with Crippen molar-refractivity contribution in [3.63, 3.8) is 0 Å². The van der Waals surface area contributed by atoms with Gasteiger partial charge in [0.05, 0.1) is 5.54 Å². The molecule has 0 aliphatic carbocycles. The van der Waals surface area contributed by atoms with Gasteiger partial charge in [-0.1, -0.05) is 26.3 Å². The molecular weight excluding hydrogens is 214 g/mol. The predicted octanol–water partition coefficient (Wildman–Crippen LogP) is 3.00. The summed E-state index contributed by atoms with van der Waals surface area (Å²) in [4.78, 5) is 16.5. The molecule has 0 saturated carbocycles. The summed E-state index contributed by atoms with van der Waals surface area (Å²) in [6.45, 7) is 12.3. The number of rotatable bonds is 6. The summed E-state index contributed by atoms with van der Waals surface area (Å²) in [6, 6.07) is 0. The minimum absolute atomic E-state index is 0.00826. The Morgan fingerprint density at radius 1 is 1.65 bits per heavy atom. The van der Waals surface area contributed by atoms with Crippen molar-refractivity contribution in [3.05, 3.63) is 12.7 Å². The van der Waals surface area contributed by atoms with Gasteiger partial charge in [0, 0.05) is 5.92 Å². The lowest BCUT2D eigenvalue weighted by Gasteiger charge is -2.18. The van der Waals surface area contributed by atoms with Crippen molar-refractivity contribution >= 4 is 11.7 Å².